The molecular formula is C14H23N3O2. The first-order chi connectivity index (χ1) is 8.88. The summed E-state index contributed by atoms with van der Waals surface area (Å²) in [7, 11) is 0. The van der Waals surface area contributed by atoms with Gasteiger partial charge in [-0.2, -0.15) is 0 Å². The van der Waals surface area contributed by atoms with Gasteiger partial charge in [-0.3, -0.25) is 9.78 Å². The van der Waals surface area contributed by atoms with Crippen LogP contribution < -0.4 is 15.8 Å². The summed E-state index contributed by atoms with van der Waals surface area (Å²) in [6, 6.07) is 3.63. The molecule has 0 aliphatic rings. The number of carbonyl (C=O) groups is 1. The molecule has 3 N–H and O–H groups in total. The minimum Gasteiger partial charge on any atom is -0.482 e. The van der Waals surface area contributed by atoms with Crippen molar-refractivity contribution in [3.63, 3.8) is 0 Å². The molecule has 0 bridgehead atoms. The molecule has 5 heteroatoms. The van der Waals surface area contributed by atoms with Crippen LogP contribution in [-0.2, 0) is 11.3 Å². The lowest BCUT2D eigenvalue weighted by molar-refractivity contribution is -0.124. The Morgan fingerprint density at radius 2 is 2.16 bits per heavy atom. The fraction of sp³-hybridized carbons (Fsp3) is 0.571. The number of carbonyl (C=O) groups excluding carboxylic acids is 1. The third kappa shape index (κ3) is 4.87. The van der Waals surface area contributed by atoms with Crippen LogP contribution in [-0.4, -0.2) is 23.0 Å². The van der Waals surface area contributed by atoms with E-state index in [-0.39, 0.29) is 18.1 Å². The van der Waals surface area contributed by atoms with Crippen molar-refractivity contribution in [3.05, 3.63) is 23.5 Å². The van der Waals surface area contributed by atoms with Crippen LogP contribution in [0.25, 0.3) is 0 Å². The molecule has 1 aromatic heterocycles. The molecular weight excluding hydrogens is 242 g/mol. The summed E-state index contributed by atoms with van der Waals surface area (Å²) in [5.41, 5.74) is 6.93. The second-order valence-electron chi connectivity index (χ2n) is 5.18. The third-order valence-electron chi connectivity index (χ3n) is 2.99. The monoisotopic (exact) mass is 265 g/mol. The summed E-state index contributed by atoms with van der Waals surface area (Å²) in [5.74, 6) is 0.424. The van der Waals surface area contributed by atoms with Gasteiger partial charge in [-0.15, -0.1) is 0 Å². The van der Waals surface area contributed by atoms with Crippen LogP contribution in [0.15, 0.2) is 12.1 Å². The Kier molecular flexibility index (Phi) is 5.30. The maximum Gasteiger partial charge on any atom is 0.258 e. The second-order valence-corrected chi connectivity index (χ2v) is 5.18. The Bertz CT molecular complexity index is 444. The highest BCUT2D eigenvalue weighted by Gasteiger charge is 2.18. The number of hydrogen-bond acceptors (Lipinski definition) is 4. The van der Waals surface area contributed by atoms with E-state index < -0.39 is 0 Å². The summed E-state index contributed by atoms with van der Waals surface area (Å²) >= 11 is 0. The topological polar surface area (TPSA) is 77.2 Å². The molecule has 0 fully saturated rings. The molecule has 1 amide bonds. The Hall–Kier alpha value is -1.62. The summed E-state index contributed by atoms with van der Waals surface area (Å²) in [6.45, 7) is 8.13. The first-order valence-electron chi connectivity index (χ1n) is 6.48. The maximum atomic E-state index is 11.8. The van der Waals surface area contributed by atoms with Gasteiger partial charge in [-0.1, -0.05) is 6.92 Å². The van der Waals surface area contributed by atoms with Gasteiger partial charge < -0.3 is 15.8 Å². The molecule has 106 valence electrons. The van der Waals surface area contributed by atoms with E-state index in [9.17, 15) is 4.79 Å². The van der Waals surface area contributed by atoms with E-state index in [1.807, 2.05) is 33.8 Å². The van der Waals surface area contributed by atoms with Gasteiger partial charge in [-0.25, -0.2) is 0 Å². The average Bonchev–Trinajstić information content (AvgIpc) is 2.36. The molecule has 0 aromatic carbocycles. The van der Waals surface area contributed by atoms with Gasteiger partial charge in [0.15, 0.2) is 6.61 Å². The van der Waals surface area contributed by atoms with Gasteiger partial charge in [-0.05, 0) is 39.3 Å². The molecule has 0 aliphatic carbocycles. The van der Waals surface area contributed by atoms with Crippen molar-refractivity contribution >= 4 is 5.91 Å². The van der Waals surface area contributed by atoms with Crippen LogP contribution in [0.5, 0.6) is 5.75 Å². The van der Waals surface area contributed by atoms with Gasteiger partial charge in [0.25, 0.3) is 5.91 Å². The first-order valence-corrected chi connectivity index (χ1v) is 6.48. The van der Waals surface area contributed by atoms with E-state index in [4.69, 9.17) is 10.5 Å². The molecule has 0 atom stereocenters. The van der Waals surface area contributed by atoms with Crippen molar-refractivity contribution in [2.75, 3.05) is 6.61 Å². The minimum absolute atomic E-state index is 0.0266. The van der Waals surface area contributed by atoms with Crippen molar-refractivity contribution in [1.82, 2.24) is 10.3 Å². The highest BCUT2D eigenvalue weighted by molar-refractivity contribution is 5.78. The first kappa shape index (κ1) is 15.4. The van der Waals surface area contributed by atoms with Crippen LogP contribution in [0, 0.1) is 6.92 Å². The number of amides is 1. The standard InChI is InChI=1S/C14H23N3O2/c1-5-14(3,4)17-13(18)9-19-12-7-6-10(2)16-11(12)8-15/h6-7H,5,8-9,15H2,1-4H3,(H,17,18). The zero-order chi connectivity index (χ0) is 14.5. The molecule has 1 heterocycles. The van der Waals surface area contributed by atoms with Gasteiger partial charge in [0.2, 0.25) is 0 Å². The fourth-order valence-electron chi connectivity index (χ4n) is 1.52. The predicted octanol–water partition coefficient (Wildman–Crippen LogP) is 1.53. The minimum atomic E-state index is -0.220. The van der Waals surface area contributed by atoms with Gasteiger partial charge in [0.05, 0.1) is 5.69 Å². The molecule has 1 rings (SSSR count). The lowest BCUT2D eigenvalue weighted by Crippen LogP contribution is -2.44. The summed E-state index contributed by atoms with van der Waals surface area (Å²) < 4.78 is 5.48. The van der Waals surface area contributed by atoms with Crippen molar-refractivity contribution in [3.8, 4) is 5.75 Å². The van der Waals surface area contributed by atoms with E-state index in [1.54, 1.807) is 6.07 Å². The van der Waals surface area contributed by atoms with Crippen molar-refractivity contribution in [2.24, 2.45) is 5.73 Å². The van der Waals surface area contributed by atoms with Crippen LogP contribution in [0.3, 0.4) is 0 Å². The predicted molar refractivity (Wildman–Crippen MR) is 74.9 cm³/mol. The molecule has 0 radical (unpaired) electrons. The SMILES string of the molecule is CCC(C)(C)NC(=O)COc1ccc(C)nc1CN. The summed E-state index contributed by atoms with van der Waals surface area (Å²) in [6.07, 6.45) is 0.860. The molecule has 0 spiro atoms. The molecule has 0 aliphatic heterocycles. The van der Waals surface area contributed by atoms with Crippen molar-refractivity contribution < 1.29 is 9.53 Å². The lowest BCUT2D eigenvalue weighted by Gasteiger charge is -2.24. The van der Waals surface area contributed by atoms with Gasteiger partial charge in [0.1, 0.15) is 5.75 Å². The van der Waals surface area contributed by atoms with Crippen LogP contribution in [0.4, 0.5) is 0 Å². The highest BCUT2D eigenvalue weighted by atomic mass is 16.5. The number of ether oxygens (including phenoxy) is 1. The molecule has 19 heavy (non-hydrogen) atoms. The van der Waals surface area contributed by atoms with Crippen LogP contribution in [0.1, 0.15) is 38.6 Å². The highest BCUT2D eigenvalue weighted by Crippen LogP contribution is 2.16. The Morgan fingerprint density at radius 1 is 1.47 bits per heavy atom. The fourth-order valence-corrected chi connectivity index (χ4v) is 1.52. The van der Waals surface area contributed by atoms with E-state index in [2.05, 4.69) is 10.3 Å². The number of pyridine rings is 1. The Labute approximate surface area is 114 Å². The molecule has 1 aromatic rings. The van der Waals surface area contributed by atoms with Crippen molar-refractivity contribution in [1.29, 1.82) is 0 Å². The van der Waals surface area contributed by atoms with Crippen LogP contribution in [0.2, 0.25) is 0 Å². The number of rotatable bonds is 6. The van der Waals surface area contributed by atoms with E-state index >= 15 is 0 Å². The number of aryl methyl sites for hydroxylation is 1. The van der Waals surface area contributed by atoms with Crippen LogP contribution >= 0.6 is 0 Å². The molecule has 0 saturated heterocycles. The van der Waals surface area contributed by atoms with E-state index in [0.29, 0.717) is 18.0 Å². The largest absolute Gasteiger partial charge is 0.482 e. The van der Waals surface area contributed by atoms with E-state index in [0.717, 1.165) is 12.1 Å². The summed E-state index contributed by atoms with van der Waals surface area (Å²) in [4.78, 5) is 16.0. The number of aromatic nitrogens is 1. The number of hydrogen-bond donors (Lipinski definition) is 2. The summed E-state index contributed by atoms with van der Waals surface area (Å²) in [5, 5.41) is 2.91. The Balaban J connectivity index is 2.60. The number of nitrogens with zero attached hydrogens (tertiary/aromatic N) is 1. The normalized spacial score (nSPS) is 11.2. The number of nitrogens with two attached hydrogens (primary N) is 1. The maximum absolute atomic E-state index is 11.8. The number of nitrogens with one attached hydrogen (secondary N) is 1. The van der Waals surface area contributed by atoms with Crippen molar-refractivity contribution in [2.45, 2.75) is 46.2 Å². The molecule has 0 saturated carbocycles. The average molecular weight is 265 g/mol. The lowest BCUT2D eigenvalue weighted by atomic mass is 10.0. The molecule has 0 unspecified atom stereocenters. The zero-order valence-corrected chi connectivity index (χ0v) is 12.1. The second kappa shape index (κ2) is 6.52. The smallest absolute Gasteiger partial charge is 0.258 e. The quantitative estimate of drug-likeness (QED) is 0.817. The third-order valence-corrected chi connectivity index (χ3v) is 2.99. The molecule has 5 nitrogen and oxygen atoms in total. The van der Waals surface area contributed by atoms with E-state index in [1.165, 1.54) is 0 Å². The van der Waals surface area contributed by atoms with Gasteiger partial charge in [0, 0.05) is 17.8 Å². The Morgan fingerprint density at radius 3 is 2.74 bits per heavy atom. The zero-order valence-electron chi connectivity index (χ0n) is 12.1. The van der Waals surface area contributed by atoms with Gasteiger partial charge >= 0.3 is 0 Å².